The quantitative estimate of drug-likeness (QED) is 0.448. The third kappa shape index (κ3) is 6.20. The molecule has 0 aromatic heterocycles. The van der Waals surface area contributed by atoms with Crippen LogP contribution in [0.15, 0.2) is 24.3 Å². The van der Waals surface area contributed by atoms with E-state index in [2.05, 4.69) is 6.92 Å². The van der Waals surface area contributed by atoms with Gasteiger partial charge in [0.25, 0.3) is 0 Å². The Morgan fingerprint density at radius 3 is 2.55 bits per heavy atom. The second-order valence-electron chi connectivity index (χ2n) is 4.92. The topological polar surface area (TPSA) is 35.5 Å². The van der Waals surface area contributed by atoms with Crippen molar-refractivity contribution in [2.45, 2.75) is 45.4 Å². The largest absolute Gasteiger partial charge is 0.490 e. The molecule has 0 saturated heterocycles. The van der Waals surface area contributed by atoms with Crippen LogP contribution in [0.3, 0.4) is 0 Å². The average molecular weight is 278 g/mol. The van der Waals surface area contributed by atoms with Crippen LogP contribution >= 0.6 is 0 Å². The molecule has 0 N–H and O–H groups in total. The minimum Gasteiger partial charge on any atom is -0.490 e. The maximum atomic E-state index is 12.2. The lowest BCUT2D eigenvalue weighted by Crippen LogP contribution is -2.08. The molecule has 20 heavy (non-hydrogen) atoms. The third-order valence-corrected chi connectivity index (χ3v) is 3.24. The van der Waals surface area contributed by atoms with Crippen LogP contribution < -0.4 is 4.74 Å². The Balaban J connectivity index is 2.45. The van der Waals surface area contributed by atoms with Gasteiger partial charge in [0.15, 0.2) is 5.78 Å². The van der Waals surface area contributed by atoms with Gasteiger partial charge in [0.05, 0.1) is 12.2 Å². The molecular weight excluding hydrogens is 252 g/mol. The zero-order chi connectivity index (χ0) is 14.6. The van der Waals surface area contributed by atoms with Crippen LogP contribution in [0.2, 0.25) is 0 Å². The van der Waals surface area contributed by atoms with E-state index in [1.807, 2.05) is 24.3 Å². The summed E-state index contributed by atoms with van der Waals surface area (Å²) in [7, 11) is 1.64. The number of hydrogen-bond acceptors (Lipinski definition) is 3. The van der Waals surface area contributed by atoms with E-state index in [0.717, 1.165) is 12.8 Å². The molecule has 0 spiro atoms. The van der Waals surface area contributed by atoms with Gasteiger partial charge in [-0.1, -0.05) is 44.7 Å². The van der Waals surface area contributed by atoms with Crippen LogP contribution in [-0.2, 0) is 4.74 Å². The highest BCUT2D eigenvalue weighted by Gasteiger charge is 2.11. The second-order valence-corrected chi connectivity index (χ2v) is 4.92. The van der Waals surface area contributed by atoms with Crippen molar-refractivity contribution in [2.24, 2.45) is 0 Å². The summed E-state index contributed by atoms with van der Waals surface area (Å²) in [6, 6.07) is 7.46. The van der Waals surface area contributed by atoms with Gasteiger partial charge in [-0.15, -0.1) is 0 Å². The molecule has 0 aliphatic carbocycles. The Labute approximate surface area is 122 Å². The van der Waals surface area contributed by atoms with Crippen molar-refractivity contribution in [1.82, 2.24) is 0 Å². The van der Waals surface area contributed by atoms with Crippen molar-refractivity contribution in [1.29, 1.82) is 0 Å². The first-order valence-corrected chi connectivity index (χ1v) is 7.53. The first kappa shape index (κ1) is 16.7. The average Bonchev–Trinajstić information content (AvgIpc) is 2.47. The summed E-state index contributed by atoms with van der Waals surface area (Å²) in [6.07, 6.45) is 6.40. The van der Waals surface area contributed by atoms with E-state index in [9.17, 15) is 4.79 Å². The Bertz CT molecular complexity index is 388. The predicted molar refractivity (Wildman–Crippen MR) is 81.5 cm³/mol. The maximum absolute atomic E-state index is 12.2. The molecule has 0 saturated carbocycles. The van der Waals surface area contributed by atoms with Crippen LogP contribution in [0.4, 0.5) is 0 Å². The fourth-order valence-electron chi connectivity index (χ4n) is 2.08. The number of para-hydroxylation sites is 1. The number of ether oxygens (including phenoxy) is 2. The zero-order valence-electron chi connectivity index (χ0n) is 12.7. The van der Waals surface area contributed by atoms with E-state index in [1.54, 1.807) is 7.11 Å². The number of Topliss-reactive ketones (excluding diaryl/α,β-unsaturated/α-hetero) is 1. The normalized spacial score (nSPS) is 10.5. The molecule has 0 fully saturated rings. The van der Waals surface area contributed by atoms with Gasteiger partial charge in [-0.25, -0.2) is 0 Å². The number of carbonyl (C=O) groups is 1. The minimum absolute atomic E-state index is 0.175. The molecule has 0 unspecified atom stereocenters. The first-order chi connectivity index (χ1) is 9.79. The molecule has 3 nitrogen and oxygen atoms in total. The SMILES string of the molecule is CCCCCCCC(=O)c1ccccc1OCCOC. The van der Waals surface area contributed by atoms with Gasteiger partial charge in [-0.2, -0.15) is 0 Å². The maximum Gasteiger partial charge on any atom is 0.166 e. The number of benzene rings is 1. The molecule has 3 heteroatoms. The van der Waals surface area contributed by atoms with Crippen LogP contribution in [0.1, 0.15) is 55.8 Å². The summed E-state index contributed by atoms with van der Waals surface area (Å²) in [5.74, 6) is 0.845. The van der Waals surface area contributed by atoms with Crippen molar-refractivity contribution in [2.75, 3.05) is 20.3 Å². The minimum atomic E-state index is 0.175. The molecule has 1 aromatic carbocycles. The van der Waals surface area contributed by atoms with E-state index >= 15 is 0 Å². The van der Waals surface area contributed by atoms with E-state index in [-0.39, 0.29) is 5.78 Å². The molecule has 0 aliphatic rings. The lowest BCUT2D eigenvalue weighted by molar-refractivity contribution is 0.0971. The van der Waals surface area contributed by atoms with Crippen molar-refractivity contribution in [3.05, 3.63) is 29.8 Å². The standard InChI is InChI=1S/C17H26O3/c1-3-4-5-6-7-11-16(18)15-10-8-9-12-17(15)20-14-13-19-2/h8-10,12H,3-7,11,13-14H2,1-2H3. The number of ketones is 1. The molecule has 0 heterocycles. The number of carbonyl (C=O) groups excluding carboxylic acids is 1. The summed E-state index contributed by atoms with van der Waals surface area (Å²) in [5.41, 5.74) is 0.694. The van der Waals surface area contributed by atoms with E-state index in [1.165, 1.54) is 19.3 Å². The molecule has 1 rings (SSSR count). The van der Waals surface area contributed by atoms with Gasteiger partial charge in [0, 0.05) is 13.5 Å². The van der Waals surface area contributed by atoms with E-state index in [0.29, 0.717) is 30.9 Å². The Morgan fingerprint density at radius 2 is 1.80 bits per heavy atom. The van der Waals surface area contributed by atoms with Gasteiger partial charge in [-0.3, -0.25) is 4.79 Å². The predicted octanol–water partition coefficient (Wildman–Crippen LogP) is 4.26. The first-order valence-electron chi connectivity index (χ1n) is 7.53. The Morgan fingerprint density at radius 1 is 1.05 bits per heavy atom. The summed E-state index contributed by atoms with van der Waals surface area (Å²) >= 11 is 0. The molecule has 0 bridgehead atoms. The Kier molecular flexibility index (Phi) is 8.72. The highest BCUT2D eigenvalue weighted by molar-refractivity contribution is 5.98. The zero-order valence-corrected chi connectivity index (χ0v) is 12.7. The molecule has 112 valence electrons. The number of methoxy groups -OCH3 is 1. The highest BCUT2D eigenvalue weighted by atomic mass is 16.5. The molecule has 0 amide bonds. The lowest BCUT2D eigenvalue weighted by Gasteiger charge is -2.10. The fraction of sp³-hybridized carbons (Fsp3) is 0.588. The number of unbranched alkanes of at least 4 members (excludes halogenated alkanes) is 4. The second kappa shape index (κ2) is 10.4. The lowest BCUT2D eigenvalue weighted by atomic mass is 10.0. The summed E-state index contributed by atoms with van der Waals surface area (Å²) < 4.78 is 10.6. The van der Waals surface area contributed by atoms with Gasteiger partial charge in [0.1, 0.15) is 12.4 Å². The number of hydrogen-bond donors (Lipinski definition) is 0. The highest BCUT2D eigenvalue weighted by Crippen LogP contribution is 2.21. The van der Waals surface area contributed by atoms with Gasteiger partial charge in [0.2, 0.25) is 0 Å². The number of rotatable bonds is 11. The van der Waals surface area contributed by atoms with Gasteiger partial charge >= 0.3 is 0 Å². The van der Waals surface area contributed by atoms with Crippen molar-refractivity contribution in [3.63, 3.8) is 0 Å². The summed E-state index contributed by atoms with van der Waals surface area (Å²) in [6.45, 7) is 3.19. The third-order valence-electron chi connectivity index (χ3n) is 3.24. The Hall–Kier alpha value is -1.35. The van der Waals surface area contributed by atoms with Gasteiger partial charge < -0.3 is 9.47 Å². The fourth-order valence-corrected chi connectivity index (χ4v) is 2.08. The van der Waals surface area contributed by atoms with Crippen molar-refractivity contribution in [3.8, 4) is 5.75 Å². The smallest absolute Gasteiger partial charge is 0.166 e. The molecule has 0 aliphatic heterocycles. The molecule has 1 aromatic rings. The monoisotopic (exact) mass is 278 g/mol. The van der Waals surface area contributed by atoms with E-state index < -0.39 is 0 Å². The van der Waals surface area contributed by atoms with E-state index in [4.69, 9.17) is 9.47 Å². The molecular formula is C17H26O3. The van der Waals surface area contributed by atoms with Crippen LogP contribution in [-0.4, -0.2) is 26.1 Å². The van der Waals surface area contributed by atoms with Crippen LogP contribution in [0, 0.1) is 0 Å². The van der Waals surface area contributed by atoms with Crippen LogP contribution in [0.25, 0.3) is 0 Å². The van der Waals surface area contributed by atoms with Crippen molar-refractivity contribution >= 4 is 5.78 Å². The van der Waals surface area contributed by atoms with Crippen molar-refractivity contribution < 1.29 is 14.3 Å². The van der Waals surface area contributed by atoms with Gasteiger partial charge in [-0.05, 0) is 18.6 Å². The molecule has 0 atom stereocenters. The summed E-state index contributed by atoms with van der Waals surface area (Å²) in [5, 5.41) is 0. The van der Waals surface area contributed by atoms with Crippen LogP contribution in [0.5, 0.6) is 5.75 Å². The molecule has 0 radical (unpaired) electrons. The summed E-state index contributed by atoms with van der Waals surface area (Å²) in [4.78, 5) is 12.2.